The Morgan fingerprint density at radius 2 is 1.72 bits per heavy atom. The van der Waals surface area contributed by atoms with Crippen LogP contribution in [0.5, 0.6) is 11.5 Å². The molecule has 1 aliphatic heterocycles. The Morgan fingerprint density at radius 1 is 0.920 bits per heavy atom. The zero-order chi connectivity index (χ0) is 17.4. The maximum Gasteiger partial charge on any atom is 0.305 e. The Kier molecular flexibility index (Phi) is 3.81. The first-order valence-corrected chi connectivity index (χ1v) is 8.09. The van der Waals surface area contributed by atoms with Crippen LogP contribution >= 0.6 is 15.9 Å². The van der Waals surface area contributed by atoms with Crippen molar-refractivity contribution >= 4 is 38.7 Å². The number of rotatable bonds is 2. The molecule has 0 aliphatic carbocycles. The van der Waals surface area contributed by atoms with E-state index < -0.39 is 11.8 Å². The van der Waals surface area contributed by atoms with E-state index in [2.05, 4.69) is 26.8 Å². The van der Waals surface area contributed by atoms with Gasteiger partial charge >= 0.3 is 5.91 Å². The fourth-order valence-electron chi connectivity index (χ4n) is 2.41. The standard InChI is InChI=1S/C17H11BrN2O5/c18-11-2-4-12-10(5-11)7-15(25-12)17(22)20-19-16(21)9-1-3-13-14(6-9)24-8-23-13/h1-7H,8H2,(H,19,21)(H,20,22). The van der Waals surface area contributed by atoms with Gasteiger partial charge in [0.15, 0.2) is 17.3 Å². The van der Waals surface area contributed by atoms with E-state index >= 15 is 0 Å². The first-order valence-electron chi connectivity index (χ1n) is 7.29. The zero-order valence-corrected chi connectivity index (χ0v) is 14.3. The number of hydrogen-bond acceptors (Lipinski definition) is 5. The molecule has 1 aliphatic rings. The largest absolute Gasteiger partial charge is 0.454 e. The second kappa shape index (κ2) is 6.14. The van der Waals surface area contributed by atoms with Gasteiger partial charge in [-0.2, -0.15) is 0 Å². The van der Waals surface area contributed by atoms with Crippen molar-refractivity contribution in [3.63, 3.8) is 0 Å². The third kappa shape index (κ3) is 3.03. The zero-order valence-electron chi connectivity index (χ0n) is 12.7. The lowest BCUT2D eigenvalue weighted by molar-refractivity contribution is 0.0832. The van der Waals surface area contributed by atoms with Crippen LogP contribution in [0, 0.1) is 0 Å². The highest BCUT2D eigenvalue weighted by molar-refractivity contribution is 9.10. The molecular formula is C17H11BrN2O5. The lowest BCUT2D eigenvalue weighted by Crippen LogP contribution is -2.41. The molecule has 0 saturated carbocycles. The fraction of sp³-hybridized carbons (Fsp3) is 0.0588. The Morgan fingerprint density at radius 3 is 2.60 bits per heavy atom. The summed E-state index contributed by atoms with van der Waals surface area (Å²) >= 11 is 3.36. The minimum absolute atomic E-state index is 0.0964. The smallest absolute Gasteiger partial charge is 0.305 e. The van der Waals surface area contributed by atoms with E-state index in [9.17, 15) is 9.59 Å². The molecule has 2 heterocycles. The average molecular weight is 403 g/mol. The van der Waals surface area contributed by atoms with Gasteiger partial charge in [-0.15, -0.1) is 0 Å². The Labute approximate surface area is 150 Å². The molecule has 25 heavy (non-hydrogen) atoms. The molecule has 8 heteroatoms. The van der Waals surface area contributed by atoms with Gasteiger partial charge in [-0.3, -0.25) is 20.4 Å². The first-order chi connectivity index (χ1) is 12.1. The summed E-state index contributed by atoms with van der Waals surface area (Å²) in [4.78, 5) is 24.3. The number of halogens is 1. The monoisotopic (exact) mass is 402 g/mol. The van der Waals surface area contributed by atoms with E-state index in [1.807, 2.05) is 12.1 Å². The number of amides is 2. The van der Waals surface area contributed by atoms with Crippen LogP contribution in [0.25, 0.3) is 11.0 Å². The molecule has 2 N–H and O–H groups in total. The minimum Gasteiger partial charge on any atom is -0.454 e. The first kappa shape index (κ1) is 15.5. The van der Waals surface area contributed by atoms with E-state index in [1.165, 1.54) is 0 Å². The van der Waals surface area contributed by atoms with Gasteiger partial charge in [0, 0.05) is 15.4 Å². The number of nitrogens with one attached hydrogen (secondary N) is 2. The van der Waals surface area contributed by atoms with Crippen molar-refractivity contribution in [2.45, 2.75) is 0 Å². The highest BCUT2D eigenvalue weighted by Crippen LogP contribution is 2.32. The van der Waals surface area contributed by atoms with E-state index in [0.29, 0.717) is 22.6 Å². The second-order valence-corrected chi connectivity index (χ2v) is 6.18. The maximum atomic E-state index is 12.1. The van der Waals surface area contributed by atoms with Gasteiger partial charge in [0.1, 0.15) is 5.58 Å². The fourth-order valence-corrected chi connectivity index (χ4v) is 2.79. The predicted octanol–water partition coefficient (Wildman–Crippen LogP) is 3.00. The third-order valence-corrected chi connectivity index (χ3v) is 4.12. The van der Waals surface area contributed by atoms with Crippen molar-refractivity contribution in [1.82, 2.24) is 10.9 Å². The molecule has 2 amide bonds. The van der Waals surface area contributed by atoms with Crippen LogP contribution in [0.3, 0.4) is 0 Å². The summed E-state index contributed by atoms with van der Waals surface area (Å²) in [5, 5.41) is 0.779. The molecule has 2 aromatic carbocycles. The van der Waals surface area contributed by atoms with Crippen LogP contribution in [0.15, 0.2) is 51.4 Å². The minimum atomic E-state index is -0.554. The predicted molar refractivity (Wildman–Crippen MR) is 91.4 cm³/mol. The van der Waals surface area contributed by atoms with Gasteiger partial charge in [0.25, 0.3) is 5.91 Å². The van der Waals surface area contributed by atoms with Crippen molar-refractivity contribution in [3.8, 4) is 11.5 Å². The molecular weight excluding hydrogens is 392 g/mol. The molecule has 1 aromatic heterocycles. The normalized spacial score (nSPS) is 12.2. The quantitative estimate of drug-likeness (QED) is 0.643. The van der Waals surface area contributed by atoms with Crippen molar-refractivity contribution in [1.29, 1.82) is 0 Å². The highest BCUT2D eigenvalue weighted by Gasteiger charge is 2.17. The molecule has 126 valence electrons. The summed E-state index contributed by atoms with van der Waals surface area (Å²) in [6.07, 6.45) is 0. The van der Waals surface area contributed by atoms with E-state index in [4.69, 9.17) is 13.9 Å². The highest BCUT2D eigenvalue weighted by atomic mass is 79.9. The van der Waals surface area contributed by atoms with Gasteiger partial charge in [-0.1, -0.05) is 15.9 Å². The van der Waals surface area contributed by atoms with Crippen molar-refractivity contribution in [3.05, 3.63) is 58.3 Å². The number of carbonyl (C=O) groups is 2. The van der Waals surface area contributed by atoms with E-state index in [1.54, 1.807) is 30.3 Å². The summed E-state index contributed by atoms with van der Waals surface area (Å²) < 4.78 is 16.7. The number of benzene rings is 2. The summed E-state index contributed by atoms with van der Waals surface area (Å²) in [5.74, 6) is 0.127. The number of hydrogen-bond donors (Lipinski definition) is 2. The molecule has 3 aromatic rings. The Bertz CT molecular complexity index is 998. The van der Waals surface area contributed by atoms with Crippen LogP contribution in [0.2, 0.25) is 0 Å². The van der Waals surface area contributed by atoms with Crippen LogP contribution in [0.4, 0.5) is 0 Å². The number of hydrazine groups is 1. The molecule has 0 bridgehead atoms. The molecule has 4 rings (SSSR count). The number of fused-ring (bicyclic) bond motifs is 2. The topological polar surface area (TPSA) is 89.8 Å². The summed E-state index contributed by atoms with van der Waals surface area (Å²) in [5.41, 5.74) is 5.58. The van der Waals surface area contributed by atoms with Crippen molar-refractivity contribution in [2.24, 2.45) is 0 Å². The molecule has 0 radical (unpaired) electrons. The van der Waals surface area contributed by atoms with Crippen LogP contribution in [0.1, 0.15) is 20.9 Å². The lowest BCUT2D eigenvalue weighted by atomic mass is 10.2. The van der Waals surface area contributed by atoms with Crippen LogP contribution < -0.4 is 20.3 Å². The van der Waals surface area contributed by atoms with Crippen molar-refractivity contribution < 1.29 is 23.5 Å². The van der Waals surface area contributed by atoms with Crippen LogP contribution in [-0.2, 0) is 0 Å². The average Bonchev–Trinajstić information content (AvgIpc) is 3.24. The lowest BCUT2D eigenvalue weighted by Gasteiger charge is -2.06. The van der Waals surface area contributed by atoms with Gasteiger partial charge < -0.3 is 13.9 Å². The Hall–Kier alpha value is -3.00. The van der Waals surface area contributed by atoms with E-state index in [-0.39, 0.29) is 12.6 Å². The van der Waals surface area contributed by atoms with Crippen LogP contribution in [-0.4, -0.2) is 18.6 Å². The maximum absolute atomic E-state index is 12.1. The van der Waals surface area contributed by atoms with Crippen molar-refractivity contribution in [2.75, 3.05) is 6.79 Å². The third-order valence-electron chi connectivity index (χ3n) is 3.63. The van der Waals surface area contributed by atoms with Gasteiger partial charge in [0.2, 0.25) is 6.79 Å². The van der Waals surface area contributed by atoms with Gasteiger partial charge in [0.05, 0.1) is 0 Å². The second-order valence-electron chi connectivity index (χ2n) is 5.27. The summed E-state index contributed by atoms with van der Waals surface area (Å²) in [7, 11) is 0. The number of ether oxygens (including phenoxy) is 2. The summed E-state index contributed by atoms with van der Waals surface area (Å²) in [6, 6.07) is 11.8. The SMILES string of the molecule is O=C(NNC(=O)c1cc2cc(Br)ccc2o1)c1ccc2c(c1)OCO2. The molecule has 7 nitrogen and oxygen atoms in total. The number of furan rings is 1. The molecule has 0 unspecified atom stereocenters. The number of carbonyl (C=O) groups excluding carboxylic acids is 2. The molecule has 0 atom stereocenters. The molecule has 0 saturated heterocycles. The molecule has 0 fully saturated rings. The van der Waals surface area contributed by atoms with E-state index in [0.717, 1.165) is 9.86 Å². The molecule has 0 spiro atoms. The summed E-state index contributed by atoms with van der Waals surface area (Å²) in [6.45, 7) is 0.124. The van der Waals surface area contributed by atoms with Gasteiger partial charge in [-0.05, 0) is 42.5 Å². The van der Waals surface area contributed by atoms with Gasteiger partial charge in [-0.25, -0.2) is 0 Å². The Balaban J connectivity index is 1.44.